The molecule has 1 fully saturated rings. The molecule has 4 aromatic rings. The van der Waals surface area contributed by atoms with Crippen LogP contribution in [0.25, 0.3) is 5.65 Å². The van der Waals surface area contributed by atoms with E-state index in [4.69, 9.17) is 14.5 Å². The van der Waals surface area contributed by atoms with Crippen LogP contribution in [0.4, 0.5) is 11.4 Å². The van der Waals surface area contributed by atoms with Gasteiger partial charge in [-0.2, -0.15) is 5.10 Å². The Morgan fingerprint density at radius 3 is 2.59 bits per heavy atom. The van der Waals surface area contributed by atoms with Gasteiger partial charge in [0.25, 0.3) is 5.91 Å². The van der Waals surface area contributed by atoms with E-state index in [0.717, 1.165) is 35.7 Å². The average molecular weight is 387 g/mol. The van der Waals surface area contributed by atoms with E-state index in [9.17, 15) is 4.79 Å². The lowest BCUT2D eigenvalue weighted by Gasteiger charge is -2.30. The topological polar surface area (TPSA) is 75.7 Å². The maximum absolute atomic E-state index is 12.4. The highest BCUT2D eigenvalue weighted by atomic mass is 16.3. The van der Waals surface area contributed by atoms with Gasteiger partial charge in [0.05, 0.1) is 18.1 Å². The van der Waals surface area contributed by atoms with E-state index in [1.54, 1.807) is 12.1 Å². The maximum Gasteiger partial charge on any atom is 0.289 e. The molecule has 1 aliphatic rings. The molecule has 0 atom stereocenters. The third-order valence-corrected chi connectivity index (χ3v) is 5.29. The molecular formula is C22H21N5O2. The second-order valence-corrected chi connectivity index (χ2v) is 7.23. The van der Waals surface area contributed by atoms with Gasteiger partial charge in [-0.25, -0.2) is 9.50 Å². The number of para-hydroxylation sites is 1. The highest BCUT2D eigenvalue weighted by Crippen LogP contribution is 2.27. The zero-order valence-corrected chi connectivity index (χ0v) is 15.9. The Balaban J connectivity index is 1.28. The van der Waals surface area contributed by atoms with Gasteiger partial charge in [0.15, 0.2) is 17.2 Å². The van der Waals surface area contributed by atoms with E-state index >= 15 is 0 Å². The second-order valence-electron chi connectivity index (χ2n) is 7.23. The summed E-state index contributed by atoms with van der Waals surface area (Å²) in [5.74, 6) is 1.44. The number of hydrogen-bond donors (Lipinski definition) is 1. The fraction of sp³-hybridized carbons (Fsp3) is 0.227. The van der Waals surface area contributed by atoms with Crippen molar-refractivity contribution in [2.75, 3.05) is 18.4 Å². The van der Waals surface area contributed by atoms with E-state index in [-0.39, 0.29) is 11.8 Å². The van der Waals surface area contributed by atoms with Crippen LogP contribution in [0.2, 0.25) is 0 Å². The summed E-state index contributed by atoms with van der Waals surface area (Å²) in [5.41, 5.74) is 2.81. The summed E-state index contributed by atoms with van der Waals surface area (Å²) in [6.45, 7) is 1.36. The molecule has 0 unspecified atom stereocenters. The van der Waals surface area contributed by atoms with E-state index in [2.05, 4.69) is 5.32 Å². The van der Waals surface area contributed by atoms with Gasteiger partial charge in [0.1, 0.15) is 0 Å². The number of nitrogens with one attached hydrogen (secondary N) is 1. The van der Waals surface area contributed by atoms with Gasteiger partial charge < -0.3 is 14.6 Å². The number of likely N-dealkylation sites (tertiary alicyclic amines) is 1. The molecule has 29 heavy (non-hydrogen) atoms. The number of anilines is 2. The monoisotopic (exact) mass is 387 g/mol. The van der Waals surface area contributed by atoms with Gasteiger partial charge >= 0.3 is 0 Å². The number of amides is 1. The number of furan rings is 1. The largest absolute Gasteiger partial charge is 0.459 e. The Morgan fingerprint density at radius 2 is 1.83 bits per heavy atom. The van der Waals surface area contributed by atoms with Crippen LogP contribution in [0.5, 0.6) is 0 Å². The van der Waals surface area contributed by atoms with E-state index in [1.807, 2.05) is 58.1 Å². The first kappa shape index (κ1) is 17.5. The predicted molar refractivity (Wildman–Crippen MR) is 109 cm³/mol. The van der Waals surface area contributed by atoms with Crippen molar-refractivity contribution in [1.29, 1.82) is 0 Å². The molecule has 1 amide bonds. The molecule has 1 N–H and O–H groups in total. The van der Waals surface area contributed by atoms with Crippen molar-refractivity contribution in [2.24, 2.45) is 0 Å². The number of hydrogen-bond acceptors (Lipinski definition) is 5. The molecule has 1 aliphatic heterocycles. The lowest BCUT2D eigenvalue weighted by Crippen LogP contribution is -2.37. The van der Waals surface area contributed by atoms with Gasteiger partial charge in [-0.05, 0) is 49.2 Å². The standard InChI is InChI=1S/C22H21N5O2/c28-22(19-7-4-14-29-19)26-12-10-16(11-13-26)21-24-20-9-8-18(15-27(20)25-21)23-17-5-2-1-3-6-17/h1-9,14-16,23H,10-13H2. The number of carbonyl (C=O) groups excluding carboxylic acids is 1. The third-order valence-electron chi connectivity index (χ3n) is 5.29. The van der Waals surface area contributed by atoms with Crippen molar-refractivity contribution < 1.29 is 9.21 Å². The molecule has 0 radical (unpaired) electrons. The fourth-order valence-electron chi connectivity index (χ4n) is 3.73. The molecule has 1 aromatic carbocycles. The van der Waals surface area contributed by atoms with Crippen LogP contribution < -0.4 is 5.32 Å². The molecule has 4 heterocycles. The minimum atomic E-state index is -0.0481. The first-order valence-electron chi connectivity index (χ1n) is 9.77. The van der Waals surface area contributed by atoms with Crippen LogP contribution in [0.3, 0.4) is 0 Å². The van der Waals surface area contributed by atoms with Gasteiger partial charge in [0.2, 0.25) is 0 Å². The molecule has 5 rings (SSSR count). The number of aromatic nitrogens is 3. The molecule has 0 saturated carbocycles. The number of rotatable bonds is 4. The Labute approximate surface area is 168 Å². The number of nitrogens with zero attached hydrogens (tertiary/aromatic N) is 4. The van der Waals surface area contributed by atoms with Crippen LogP contribution in [-0.2, 0) is 0 Å². The molecule has 0 spiro atoms. The van der Waals surface area contributed by atoms with Gasteiger partial charge in [0, 0.05) is 24.7 Å². The lowest BCUT2D eigenvalue weighted by molar-refractivity contribution is 0.0679. The summed E-state index contributed by atoms with van der Waals surface area (Å²) in [4.78, 5) is 19.0. The summed E-state index contributed by atoms with van der Waals surface area (Å²) < 4.78 is 7.05. The Morgan fingerprint density at radius 1 is 1.00 bits per heavy atom. The highest BCUT2D eigenvalue weighted by Gasteiger charge is 2.28. The van der Waals surface area contributed by atoms with Crippen molar-refractivity contribution in [3.63, 3.8) is 0 Å². The van der Waals surface area contributed by atoms with Gasteiger partial charge in [-0.3, -0.25) is 4.79 Å². The van der Waals surface area contributed by atoms with Crippen LogP contribution in [0.15, 0.2) is 71.5 Å². The zero-order chi connectivity index (χ0) is 19.6. The van der Waals surface area contributed by atoms with Crippen LogP contribution >= 0.6 is 0 Å². The first-order chi connectivity index (χ1) is 14.3. The minimum Gasteiger partial charge on any atom is -0.459 e. The molecular weight excluding hydrogens is 366 g/mol. The normalized spacial score (nSPS) is 15.0. The van der Waals surface area contributed by atoms with Gasteiger partial charge in [-0.15, -0.1) is 0 Å². The predicted octanol–water partition coefficient (Wildman–Crippen LogP) is 4.09. The quantitative estimate of drug-likeness (QED) is 0.571. The molecule has 3 aromatic heterocycles. The van der Waals surface area contributed by atoms with Crippen LogP contribution in [0.1, 0.15) is 35.1 Å². The summed E-state index contributed by atoms with van der Waals surface area (Å²) in [5, 5.41) is 8.08. The minimum absolute atomic E-state index is 0.0481. The van der Waals surface area contributed by atoms with Gasteiger partial charge in [-0.1, -0.05) is 18.2 Å². The average Bonchev–Trinajstić information content (AvgIpc) is 3.44. The SMILES string of the molecule is O=C(c1ccco1)N1CCC(c2nc3ccc(Nc4ccccc4)cn3n2)CC1. The van der Waals surface area contributed by atoms with E-state index in [1.165, 1.54) is 6.26 Å². The summed E-state index contributed by atoms with van der Waals surface area (Å²) in [7, 11) is 0. The van der Waals surface area contributed by atoms with Crippen LogP contribution in [0, 0.1) is 0 Å². The Bertz CT molecular complexity index is 1110. The maximum atomic E-state index is 12.4. The summed E-state index contributed by atoms with van der Waals surface area (Å²) in [6.07, 6.45) is 5.17. The summed E-state index contributed by atoms with van der Waals surface area (Å²) in [6, 6.07) is 17.5. The highest BCUT2D eigenvalue weighted by molar-refractivity contribution is 5.91. The number of pyridine rings is 1. The molecule has 0 aliphatic carbocycles. The van der Waals surface area contributed by atoms with E-state index in [0.29, 0.717) is 18.8 Å². The number of piperidine rings is 1. The van der Waals surface area contributed by atoms with Crippen molar-refractivity contribution >= 4 is 22.9 Å². The number of fused-ring (bicyclic) bond motifs is 1. The molecule has 146 valence electrons. The third kappa shape index (κ3) is 3.59. The van der Waals surface area contributed by atoms with Crippen LogP contribution in [-0.4, -0.2) is 38.5 Å². The number of benzene rings is 1. The lowest BCUT2D eigenvalue weighted by atomic mass is 9.96. The summed E-state index contributed by atoms with van der Waals surface area (Å²) >= 11 is 0. The smallest absolute Gasteiger partial charge is 0.289 e. The first-order valence-corrected chi connectivity index (χ1v) is 9.77. The van der Waals surface area contributed by atoms with Crippen molar-refractivity contribution in [2.45, 2.75) is 18.8 Å². The van der Waals surface area contributed by atoms with Crippen molar-refractivity contribution in [3.8, 4) is 0 Å². The van der Waals surface area contributed by atoms with Crippen molar-refractivity contribution in [3.05, 3.63) is 78.6 Å². The fourth-order valence-corrected chi connectivity index (χ4v) is 3.73. The molecule has 7 nitrogen and oxygen atoms in total. The molecule has 0 bridgehead atoms. The second kappa shape index (κ2) is 7.43. The zero-order valence-electron chi connectivity index (χ0n) is 15.9. The molecule has 7 heteroatoms. The van der Waals surface area contributed by atoms with E-state index < -0.39 is 0 Å². The number of carbonyl (C=O) groups is 1. The van der Waals surface area contributed by atoms with Crippen molar-refractivity contribution in [1.82, 2.24) is 19.5 Å². The molecule has 1 saturated heterocycles. The Kier molecular flexibility index (Phi) is 4.48. The Hall–Kier alpha value is -3.61.